The smallest absolute Gasteiger partial charge is 0.321 e. The van der Waals surface area contributed by atoms with Gasteiger partial charge < -0.3 is 9.84 Å². The van der Waals surface area contributed by atoms with E-state index in [2.05, 4.69) is 5.48 Å². The summed E-state index contributed by atoms with van der Waals surface area (Å²) in [5.74, 6) is -0.141. The molecule has 1 fully saturated rings. The number of hydroxylamine groups is 1. The first-order valence-corrected chi connectivity index (χ1v) is 11.1. The number of esters is 1. The average Bonchev–Trinajstić information content (AvgIpc) is 2.86. The fraction of sp³-hybridized carbons (Fsp3) is 0.259. The van der Waals surface area contributed by atoms with Crippen molar-refractivity contribution in [1.29, 1.82) is 0 Å². The maximum Gasteiger partial charge on any atom is 0.321 e. The zero-order chi connectivity index (χ0) is 23.1. The van der Waals surface area contributed by atoms with E-state index in [-0.39, 0.29) is 24.2 Å². The molecule has 1 aliphatic carbocycles. The first kappa shape index (κ1) is 22.6. The molecule has 1 saturated carbocycles. The van der Waals surface area contributed by atoms with E-state index in [1.807, 2.05) is 30.3 Å². The summed E-state index contributed by atoms with van der Waals surface area (Å²) in [5, 5.41) is 9.64. The Morgan fingerprint density at radius 2 is 1.52 bits per heavy atom. The van der Waals surface area contributed by atoms with Gasteiger partial charge in [-0.25, -0.2) is 5.48 Å². The van der Waals surface area contributed by atoms with Crippen LogP contribution >= 0.6 is 0 Å². The molecule has 0 aromatic heterocycles. The normalized spacial score (nSPS) is 14.9. The van der Waals surface area contributed by atoms with Crippen molar-refractivity contribution < 1.29 is 24.3 Å². The predicted molar refractivity (Wildman–Crippen MR) is 124 cm³/mol. The number of carbonyl (C=O) groups excluding carboxylic acids is 2. The van der Waals surface area contributed by atoms with E-state index in [9.17, 15) is 14.7 Å². The molecule has 2 N–H and O–H groups in total. The summed E-state index contributed by atoms with van der Waals surface area (Å²) in [6, 6.07) is 22.7. The number of carbonyl (C=O) groups is 2. The van der Waals surface area contributed by atoms with Gasteiger partial charge in [0.05, 0.1) is 12.0 Å². The number of amides is 1. The van der Waals surface area contributed by atoms with E-state index in [4.69, 9.17) is 9.57 Å². The fourth-order valence-electron chi connectivity index (χ4n) is 4.24. The molecule has 0 aliphatic heterocycles. The summed E-state index contributed by atoms with van der Waals surface area (Å²) >= 11 is 0. The lowest BCUT2D eigenvalue weighted by molar-refractivity contribution is -0.142. The summed E-state index contributed by atoms with van der Waals surface area (Å²) in [4.78, 5) is 30.9. The van der Waals surface area contributed by atoms with Gasteiger partial charge in [-0.15, -0.1) is 0 Å². The highest BCUT2D eigenvalue weighted by Gasteiger charge is 2.42. The summed E-state index contributed by atoms with van der Waals surface area (Å²) in [6.07, 6.45) is 4.38. The Hall–Kier alpha value is -3.64. The Morgan fingerprint density at radius 3 is 2.18 bits per heavy atom. The van der Waals surface area contributed by atoms with Gasteiger partial charge in [0.25, 0.3) is 5.91 Å². The minimum absolute atomic E-state index is 0.166. The number of phenols is 1. The number of phenolic OH excluding ortho intramolecular Hbond substituents is 1. The van der Waals surface area contributed by atoms with E-state index in [1.165, 1.54) is 0 Å². The molecule has 1 amide bonds. The fourth-order valence-corrected chi connectivity index (χ4v) is 4.24. The summed E-state index contributed by atoms with van der Waals surface area (Å²) < 4.78 is 5.75. The van der Waals surface area contributed by atoms with Crippen molar-refractivity contribution in [1.82, 2.24) is 5.48 Å². The summed E-state index contributed by atoms with van der Waals surface area (Å²) in [7, 11) is 0. The predicted octanol–water partition coefficient (Wildman–Crippen LogP) is 5.06. The molecule has 0 spiro atoms. The third-order valence-electron chi connectivity index (χ3n) is 6.09. The molecule has 0 atom stereocenters. The summed E-state index contributed by atoms with van der Waals surface area (Å²) in [5.41, 5.74) is 3.90. The Bertz CT molecular complexity index is 1070. The Morgan fingerprint density at radius 1 is 0.848 bits per heavy atom. The second kappa shape index (κ2) is 10.3. The molecular formula is C27H27NO5. The number of aromatic hydroxyl groups is 1. The molecule has 0 saturated heterocycles. The van der Waals surface area contributed by atoms with Crippen LogP contribution in [0.15, 0.2) is 78.9 Å². The molecule has 0 bridgehead atoms. The van der Waals surface area contributed by atoms with Crippen LogP contribution in [-0.2, 0) is 21.7 Å². The molecule has 6 heteroatoms. The van der Waals surface area contributed by atoms with E-state index < -0.39 is 5.41 Å². The molecule has 1 aliphatic rings. The van der Waals surface area contributed by atoms with Gasteiger partial charge in [-0.3, -0.25) is 14.4 Å². The average molecular weight is 446 g/mol. The maximum atomic E-state index is 13.3. The van der Waals surface area contributed by atoms with Gasteiger partial charge in [-0.2, -0.15) is 0 Å². The monoisotopic (exact) mass is 445 g/mol. The van der Waals surface area contributed by atoms with Crippen LogP contribution in [0.5, 0.6) is 11.5 Å². The summed E-state index contributed by atoms with van der Waals surface area (Å²) in [6.45, 7) is 0.265. The molecule has 0 heterocycles. The molecule has 0 radical (unpaired) electrons. The first-order valence-electron chi connectivity index (χ1n) is 11.1. The van der Waals surface area contributed by atoms with Crippen LogP contribution in [0.25, 0.3) is 0 Å². The minimum Gasteiger partial charge on any atom is -0.508 e. The van der Waals surface area contributed by atoms with E-state index in [0.717, 1.165) is 30.4 Å². The van der Waals surface area contributed by atoms with Gasteiger partial charge in [0.15, 0.2) is 0 Å². The van der Waals surface area contributed by atoms with Crippen molar-refractivity contribution in [2.24, 2.45) is 0 Å². The van der Waals surface area contributed by atoms with Crippen LogP contribution in [-0.4, -0.2) is 17.0 Å². The Labute approximate surface area is 193 Å². The van der Waals surface area contributed by atoms with Crippen molar-refractivity contribution in [2.45, 2.75) is 44.1 Å². The van der Waals surface area contributed by atoms with Crippen molar-refractivity contribution in [3.8, 4) is 11.5 Å². The highest BCUT2D eigenvalue weighted by molar-refractivity contribution is 5.93. The van der Waals surface area contributed by atoms with Gasteiger partial charge in [-0.05, 0) is 60.4 Å². The number of ether oxygens (including phenoxy) is 1. The van der Waals surface area contributed by atoms with Gasteiger partial charge in [-0.1, -0.05) is 61.7 Å². The van der Waals surface area contributed by atoms with Crippen LogP contribution in [0.1, 0.15) is 53.6 Å². The second-order valence-electron chi connectivity index (χ2n) is 8.31. The van der Waals surface area contributed by atoms with Crippen molar-refractivity contribution >= 4 is 11.9 Å². The van der Waals surface area contributed by atoms with Gasteiger partial charge >= 0.3 is 5.97 Å². The molecule has 6 nitrogen and oxygen atoms in total. The standard InChI is InChI=1S/C27H27NO5/c29-23-13-11-22(12-14-23)27(17-5-2-6-18-27)26(31)33-24-15-9-21(10-16-24)25(30)28-32-19-20-7-3-1-4-8-20/h1,3-4,7-16,29H,2,5-6,17-19H2,(H,28,30). The number of rotatable bonds is 7. The molecule has 3 aromatic rings. The maximum absolute atomic E-state index is 13.3. The SMILES string of the molecule is O=C(NOCc1ccccc1)c1ccc(OC(=O)C2(c3ccc(O)cc3)CCCCC2)cc1. The molecule has 3 aromatic carbocycles. The molecule has 4 rings (SSSR count). The molecule has 170 valence electrons. The quantitative estimate of drug-likeness (QED) is 0.302. The molecule has 0 unspecified atom stereocenters. The Balaban J connectivity index is 1.39. The first-order chi connectivity index (χ1) is 16.1. The highest BCUT2D eigenvalue weighted by Crippen LogP contribution is 2.41. The van der Waals surface area contributed by atoms with Gasteiger partial charge in [0, 0.05) is 5.56 Å². The zero-order valence-electron chi connectivity index (χ0n) is 18.3. The van der Waals surface area contributed by atoms with Crippen LogP contribution < -0.4 is 10.2 Å². The van der Waals surface area contributed by atoms with E-state index in [1.54, 1.807) is 48.5 Å². The van der Waals surface area contributed by atoms with Crippen LogP contribution in [0, 0.1) is 0 Å². The minimum atomic E-state index is -0.729. The Kier molecular flexibility index (Phi) is 7.05. The highest BCUT2D eigenvalue weighted by atomic mass is 16.6. The number of benzene rings is 3. The van der Waals surface area contributed by atoms with E-state index in [0.29, 0.717) is 24.2 Å². The van der Waals surface area contributed by atoms with Crippen LogP contribution in [0.4, 0.5) is 0 Å². The number of hydrogen-bond acceptors (Lipinski definition) is 5. The van der Waals surface area contributed by atoms with Crippen molar-refractivity contribution in [3.63, 3.8) is 0 Å². The lowest BCUT2D eigenvalue weighted by Crippen LogP contribution is -2.41. The van der Waals surface area contributed by atoms with Crippen molar-refractivity contribution in [2.75, 3.05) is 0 Å². The zero-order valence-corrected chi connectivity index (χ0v) is 18.3. The lowest BCUT2D eigenvalue weighted by Gasteiger charge is -2.35. The van der Waals surface area contributed by atoms with Gasteiger partial charge in [0.1, 0.15) is 11.5 Å². The van der Waals surface area contributed by atoms with Crippen LogP contribution in [0.2, 0.25) is 0 Å². The van der Waals surface area contributed by atoms with Crippen LogP contribution in [0.3, 0.4) is 0 Å². The van der Waals surface area contributed by atoms with Gasteiger partial charge in [0.2, 0.25) is 0 Å². The van der Waals surface area contributed by atoms with Crippen molar-refractivity contribution in [3.05, 3.63) is 95.6 Å². The molecular weight excluding hydrogens is 418 g/mol. The molecule has 33 heavy (non-hydrogen) atoms. The number of hydrogen-bond donors (Lipinski definition) is 2. The largest absolute Gasteiger partial charge is 0.508 e. The third kappa shape index (κ3) is 5.41. The lowest BCUT2D eigenvalue weighted by atomic mass is 9.69. The number of nitrogens with one attached hydrogen (secondary N) is 1. The van der Waals surface area contributed by atoms with E-state index >= 15 is 0 Å². The third-order valence-corrected chi connectivity index (χ3v) is 6.09. The topological polar surface area (TPSA) is 84.9 Å². The second-order valence-corrected chi connectivity index (χ2v) is 8.31.